The number of hydrogen-bond donors (Lipinski definition) is 3. The fraction of sp³-hybridized carbons (Fsp3) is 0.867. The molecule has 0 aromatic heterocycles. The summed E-state index contributed by atoms with van der Waals surface area (Å²) in [6.07, 6.45) is 4.49. The van der Waals surface area contributed by atoms with Crippen LogP contribution in [0, 0.1) is 11.8 Å². The van der Waals surface area contributed by atoms with Gasteiger partial charge in [-0.05, 0) is 38.1 Å². The Balaban J connectivity index is 1.73. The number of nitrogens with one attached hydrogen (secondary N) is 2. The van der Waals surface area contributed by atoms with Gasteiger partial charge in [-0.1, -0.05) is 13.8 Å². The molecule has 3 unspecified atom stereocenters. The van der Waals surface area contributed by atoms with E-state index < -0.39 is 11.9 Å². The van der Waals surface area contributed by atoms with E-state index in [0.717, 1.165) is 19.4 Å². The van der Waals surface area contributed by atoms with Crippen molar-refractivity contribution in [3.05, 3.63) is 0 Å². The van der Waals surface area contributed by atoms with E-state index in [1.807, 2.05) is 13.8 Å². The molecule has 2 rings (SSSR count). The Morgan fingerprint density at radius 3 is 2.71 bits per heavy atom. The van der Waals surface area contributed by atoms with Gasteiger partial charge in [0.25, 0.3) is 0 Å². The van der Waals surface area contributed by atoms with Crippen molar-refractivity contribution in [1.82, 2.24) is 15.5 Å². The molecule has 2 amide bonds. The molecular formula is C15H27N3O3. The lowest BCUT2D eigenvalue weighted by Crippen LogP contribution is -2.50. The maximum Gasteiger partial charge on any atom is 0.315 e. The highest BCUT2D eigenvalue weighted by Crippen LogP contribution is 2.26. The lowest BCUT2D eigenvalue weighted by Gasteiger charge is -2.35. The fourth-order valence-corrected chi connectivity index (χ4v) is 3.40. The smallest absolute Gasteiger partial charge is 0.315 e. The molecule has 0 spiro atoms. The fourth-order valence-electron chi connectivity index (χ4n) is 3.40. The number of amides is 2. The summed E-state index contributed by atoms with van der Waals surface area (Å²) < 4.78 is 0. The van der Waals surface area contributed by atoms with Gasteiger partial charge in [0.05, 0.1) is 5.92 Å². The molecular weight excluding hydrogens is 270 g/mol. The van der Waals surface area contributed by atoms with Gasteiger partial charge in [-0.3, -0.25) is 4.79 Å². The number of carbonyl (C=O) groups is 2. The van der Waals surface area contributed by atoms with Crippen LogP contribution in [0.25, 0.3) is 0 Å². The van der Waals surface area contributed by atoms with E-state index in [0.29, 0.717) is 6.04 Å². The molecule has 2 fully saturated rings. The van der Waals surface area contributed by atoms with Gasteiger partial charge in [-0.15, -0.1) is 0 Å². The van der Waals surface area contributed by atoms with Gasteiger partial charge in [0, 0.05) is 25.2 Å². The Morgan fingerprint density at radius 2 is 2.05 bits per heavy atom. The Labute approximate surface area is 126 Å². The van der Waals surface area contributed by atoms with Crippen LogP contribution >= 0.6 is 0 Å². The molecule has 0 saturated carbocycles. The second-order valence-corrected chi connectivity index (χ2v) is 6.60. The van der Waals surface area contributed by atoms with Crippen molar-refractivity contribution in [2.75, 3.05) is 19.6 Å². The first-order valence-electron chi connectivity index (χ1n) is 7.98. The SMILES string of the molecule is CC(C)C(CNC(=O)NC1CCN2CCCC2C1)C(=O)O. The van der Waals surface area contributed by atoms with E-state index in [9.17, 15) is 9.59 Å². The summed E-state index contributed by atoms with van der Waals surface area (Å²) in [4.78, 5) is 25.5. The first-order valence-corrected chi connectivity index (χ1v) is 7.98. The lowest BCUT2D eigenvalue weighted by molar-refractivity contribution is -0.142. The van der Waals surface area contributed by atoms with Gasteiger partial charge in [0.2, 0.25) is 0 Å². The Hall–Kier alpha value is -1.30. The molecule has 3 atom stereocenters. The molecule has 120 valence electrons. The number of rotatable bonds is 5. The minimum Gasteiger partial charge on any atom is -0.481 e. The standard InChI is InChI=1S/C15H27N3O3/c1-10(2)13(14(19)20)9-16-15(21)17-11-5-7-18-6-3-4-12(18)8-11/h10-13H,3-9H2,1-2H3,(H,19,20)(H2,16,17,21). The maximum absolute atomic E-state index is 11.9. The zero-order chi connectivity index (χ0) is 15.4. The largest absolute Gasteiger partial charge is 0.481 e. The van der Waals surface area contributed by atoms with E-state index in [1.54, 1.807) is 0 Å². The number of carbonyl (C=O) groups excluding carboxylic acids is 1. The number of piperidine rings is 1. The van der Waals surface area contributed by atoms with Crippen LogP contribution in [0.3, 0.4) is 0 Å². The number of carboxylic acids is 1. The highest BCUT2D eigenvalue weighted by Gasteiger charge is 2.32. The molecule has 0 aliphatic carbocycles. The molecule has 21 heavy (non-hydrogen) atoms. The zero-order valence-corrected chi connectivity index (χ0v) is 13.0. The summed E-state index contributed by atoms with van der Waals surface area (Å²) in [7, 11) is 0. The molecule has 2 saturated heterocycles. The first kappa shape index (κ1) is 16.1. The first-order chi connectivity index (χ1) is 9.97. The maximum atomic E-state index is 11.9. The van der Waals surface area contributed by atoms with Crippen LogP contribution in [0.2, 0.25) is 0 Å². The van der Waals surface area contributed by atoms with Crippen LogP contribution in [-0.2, 0) is 4.79 Å². The number of aliphatic carboxylic acids is 1. The molecule has 0 aromatic rings. The van der Waals surface area contributed by atoms with Crippen LogP contribution in [0.1, 0.15) is 39.5 Å². The molecule has 0 aromatic carbocycles. The van der Waals surface area contributed by atoms with Crippen LogP contribution in [0.5, 0.6) is 0 Å². The molecule has 6 heteroatoms. The van der Waals surface area contributed by atoms with E-state index in [2.05, 4.69) is 15.5 Å². The second kappa shape index (κ2) is 7.11. The van der Waals surface area contributed by atoms with Crippen LogP contribution < -0.4 is 10.6 Å². The van der Waals surface area contributed by atoms with Gasteiger partial charge < -0.3 is 20.6 Å². The summed E-state index contributed by atoms with van der Waals surface area (Å²) in [5.41, 5.74) is 0. The summed E-state index contributed by atoms with van der Waals surface area (Å²) in [6, 6.07) is 0.594. The number of nitrogens with zero attached hydrogens (tertiary/aromatic N) is 1. The molecule has 0 radical (unpaired) electrons. The molecule has 0 bridgehead atoms. The molecule has 6 nitrogen and oxygen atoms in total. The van der Waals surface area contributed by atoms with Crippen molar-refractivity contribution >= 4 is 12.0 Å². The Morgan fingerprint density at radius 1 is 1.29 bits per heavy atom. The van der Waals surface area contributed by atoms with Gasteiger partial charge in [0.15, 0.2) is 0 Å². The van der Waals surface area contributed by atoms with Gasteiger partial charge >= 0.3 is 12.0 Å². The number of carboxylic acid groups (broad SMARTS) is 1. The lowest BCUT2D eigenvalue weighted by atomic mass is 9.96. The quantitative estimate of drug-likeness (QED) is 0.714. The van der Waals surface area contributed by atoms with E-state index >= 15 is 0 Å². The number of fused-ring (bicyclic) bond motifs is 1. The van der Waals surface area contributed by atoms with Crippen molar-refractivity contribution in [2.24, 2.45) is 11.8 Å². The second-order valence-electron chi connectivity index (χ2n) is 6.60. The van der Waals surface area contributed by atoms with Crippen molar-refractivity contribution in [3.8, 4) is 0 Å². The minimum atomic E-state index is -0.857. The third-order valence-corrected chi connectivity index (χ3v) is 4.76. The predicted molar refractivity (Wildman–Crippen MR) is 80.1 cm³/mol. The van der Waals surface area contributed by atoms with E-state index in [1.165, 1.54) is 19.4 Å². The summed E-state index contributed by atoms with van der Waals surface area (Å²) >= 11 is 0. The summed E-state index contributed by atoms with van der Waals surface area (Å²) in [5.74, 6) is -1.39. The van der Waals surface area contributed by atoms with Crippen molar-refractivity contribution in [1.29, 1.82) is 0 Å². The summed E-state index contributed by atoms with van der Waals surface area (Å²) in [6.45, 7) is 6.14. The Bertz CT molecular complexity index is 386. The minimum absolute atomic E-state index is 0.00419. The monoisotopic (exact) mass is 297 g/mol. The molecule has 2 heterocycles. The highest BCUT2D eigenvalue weighted by atomic mass is 16.4. The molecule has 2 aliphatic rings. The van der Waals surface area contributed by atoms with Crippen LogP contribution in [0.15, 0.2) is 0 Å². The van der Waals surface area contributed by atoms with E-state index in [4.69, 9.17) is 5.11 Å². The number of urea groups is 1. The van der Waals surface area contributed by atoms with Crippen LogP contribution in [0.4, 0.5) is 4.79 Å². The number of hydrogen-bond acceptors (Lipinski definition) is 3. The summed E-state index contributed by atoms with van der Waals surface area (Å²) in [5, 5.41) is 14.8. The zero-order valence-electron chi connectivity index (χ0n) is 13.0. The Kier molecular flexibility index (Phi) is 5.45. The van der Waals surface area contributed by atoms with Crippen molar-refractivity contribution in [3.63, 3.8) is 0 Å². The predicted octanol–water partition coefficient (Wildman–Crippen LogP) is 1.27. The van der Waals surface area contributed by atoms with Crippen molar-refractivity contribution < 1.29 is 14.7 Å². The highest BCUT2D eigenvalue weighted by molar-refractivity contribution is 5.76. The van der Waals surface area contributed by atoms with Crippen LogP contribution in [-0.4, -0.2) is 53.7 Å². The third kappa shape index (κ3) is 4.33. The normalized spacial score (nSPS) is 27.2. The average Bonchev–Trinajstić information content (AvgIpc) is 2.85. The molecule has 3 N–H and O–H groups in total. The van der Waals surface area contributed by atoms with Gasteiger partial charge in [0.1, 0.15) is 0 Å². The topological polar surface area (TPSA) is 81.7 Å². The van der Waals surface area contributed by atoms with E-state index in [-0.39, 0.29) is 24.5 Å². The third-order valence-electron chi connectivity index (χ3n) is 4.76. The average molecular weight is 297 g/mol. The molecule has 2 aliphatic heterocycles. The van der Waals surface area contributed by atoms with Crippen molar-refractivity contribution in [2.45, 2.75) is 51.6 Å². The van der Waals surface area contributed by atoms with Gasteiger partial charge in [-0.25, -0.2) is 4.79 Å². The van der Waals surface area contributed by atoms with Gasteiger partial charge in [-0.2, -0.15) is 0 Å².